The Bertz CT molecular complexity index is 835. The Labute approximate surface area is 126 Å². The number of aryl methyl sites for hydroxylation is 3. The van der Waals surface area contributed by atoms with Crippen molar-refractivity contribution in [1.29, 1.82) is 0 Å². The standard InChI is InChI=1S/C16H15N3OS/c1-9-4-6-12(7-5-9)18-19-16-14(20)13-10(2)8-11(3)17-15(13)21-16/h4-8,20H,1-3H3. The van der Waals surface area contributed by atoms with Crippen molar-refractivity contribution in [2.45, 2.75) is 20.8 Å². The Morgan fingerprint density at radius 2 is 1.76 bits per heavy atom. The van der Waals surface area contributed by atoms with E-state index < -0.39 is 0 Å². The maximum absolute atomic E-state index is 10.3. The predicted octanol–water partition coefficient (Wildman–Crippen LogP) is 5.34. The highest BCUT2D eigenvalue weighted by Gasteiger charge is 2.14. The molecule has 2 heterocycles. The molecule has 21 heavy (non-hydrogen) atoms. The fourth-order valence-electron chi connectivity index (χ4n) is 2.19. The van der Waals surface area contributed by atoms with Crippen LogP contribution < -0.4 is 0 Å². The summed E-state index contributed by atoms with van der Waals surface area (Å²) in [5, 5.41) is 19.9. The minimum absolute atomic E-state index is 0.163. The molecule has 0 saturated carbocycles. The summed E-state index contributed by atoms with van der Waals surface area (Å²) in [5.74, 6) is 0.163. The first-order valence-electron chi connectivity index (χ1n) is 6.62. The van der Waals surface area contributed by atoms with E-state index in [0.29, 0.717) is 5.00 Å². The second-order valence-electron chi connectivity index (χ2n) is 5.05. The number of nitrogens with zero attached hydrogens (tertiary/aromatic N) is 3. The molecule has 4 nitrogen and oxygen atoms in total. The molecular formula is C16H15N3OS. The molecule has 0 unspecified atom stereocenters. The number of aromatic hydroxyl groups is 1. The predicted molar refractivity (Wildman–Crippen MR) is 86.1 cm³/mol. The van der Waals surface area contributed by atoms with Gasteiger partial charge in [-0.25, -0.2) is 4.98 Å². The van der Waals surface area contributed by atoms with Crippen molar-refractivity contribution in [3.8, 4) is 5.75 Å². The van der Waals surface area contributed by atoms with Crippen molar-refractivity contribution in [1.82, 2.24) is 4.98 Å². The molecule has 106 valence electrons. The zero-order chi connectivity index (χ0) is 15.0. The number of azo groups is 1. The van der Waals surface area contributed by atoms with Gasteiger partial charge in [0, 0.05) is 5.69 Å². The van der Waals surface area contributed by atoms with Crippen LogP contribution in [0.25, 0.3) is 10.2 Å². The number of thiophene rings is 1. The summed E-state index contributed by atoms with van der Waals surface area (Å²) in [6, 6.07) is 9.71. The van der Waals surface area contributed by atoms with Crippen LogP contribution in [0.2, 0.25) is 0 Å². The van der Waals surface area contributed by atoms with Gasteiger partial charge < -0.3 is 5.11 Å². The van der Waals surface area contributed by atoms with Gasteiger partial charge in [-0.2, -0.15) is 0 Å². The lowest BCUT2D eigenvalue weighted by Gasteiger charge is -1.98. The molecule has 3 rings (SSSR count). The maximum atomic E-state index is 10.3. The molecule has 0 fully saturated rings. The Morgan fingerprint density at radius 1 is 1.05 bits per heavy atom. The smallest absolute Gasteiger partial charge is 0.183 e. The summed E-state index contributed by atoms with van der Waals surface area (Å²) in [6.45, 7) is 5.93. The first-order valence-corrected chi connectivity index (χ1v) is 7.44. The number of aromatic nitrogens is 1. The summed E-state index contributed by atoms with van der Waals surface area (Å²) < 4.78 is 0. The molecule has 5 heteroatoms. The number of hydrogen-bond acceptors (Lipinski definition) is 5. The van der Waals surface area contributed by atoms with Crippen molar-refractivity contribution in [2.24, 2.45) is 10.2 Å². The Kier molecular flexibility index (Phi) is 3.43. The molecule has 0 aliphatic rings. The van der Waals surface area contributed by atoms with Crippen LogP contribution in [0, 0.1) is 20.8 Å². The van der Waals surface area contributed by atoms with Crippen LogP contribution in [0.1, 0.15) is 16.8 Å². The molecule has 0 atom stereocenters. The Balaban J connectivity index is 2.03. The quantitative estimate of drug-likeness (QED) is 0.649. The molecule has 0 aliphatic heterocycles. The molecular weight excluding hydrogens is 282 g/mol. The summed E-state index contributed by atoms with van der Waals surface area (Å²) in [5.41, 5.74) is 3.87. The summed E-state index contributed by atoms with van der Waals surface area (Å²) >= 11 is 1.35. The number of hydrogen-bond donors (Lipinski definition) is 1. The molecule has 1 aromatic carbocycles. The van der Waals surface area contributed by atoms with E-state index >= 15 is 0 Å². The van der Waals surface area contributed by atoms with E-state index in [1.165, 1.54) is 16.9 Å². The molecule has 3 aromatic rings. The fraction of sp³-hybridized carbons (Fsp3) is 0.188. The van der Waals surface area contributed by atoms with Crippen molar-refractivity contribution < 1.29 is 5.11 Å². The lowest BCUT2D eigenvalue weighted by Crippen LogP contribution is -1.82. The van der Waals surface area contributed by atoms with Crippen LogP contribution in [0.15, 0.2) is 40.6 Å². The third-order valence-corrected chi connectivity index (χ3v) is 4.19. The number of benzene rings is 1. The van der Waals surface area contributed by atoms with Crippen molar-refractivity contribution in [2.75, 3.05) is 0 Å². The van der Waals surface area contributed by atoms with Crippen LogP contribution in [0.4, 0.5) is 10.7 Å². The summed E-state index contributed by atoms with van der Waals surface area (Å²) in [7, 11) is 0. The minimum atomic E-state index is 0.163. The Morgan fingerprint density at radius 3 is 2.48 bits per heavy atom. The molecule has 0 amide bonds. The van der Waals surface area contributed by atoms with Gasteiger partial charge in [-0.15, -0.1) is 10.2 Å². The molecule has 0 aliphatic carbocycles. The van der Waals surface area contributed by atoms with Gasteiger partial charge in [-0.1, -0.05) is 29.0 Å². The van der Waals surface area contributed by atoms with E-state index in [1.54, 1.807) is 0 Å². The largest absolute Gasteiger partial charge is 0.504 e. The van der Waals surface area contributed by atoms with Crippen LogP contribution in [-0.4, -0.2) is 10.1 Å². The Hall–Kier alpha value is -2.27. The van der Waals surface area contributed by atoms with Gasteiger partial charge in [0.25, 0.3) is 0 Å². The third-order valence-electron chi connectivity index (χ3n) is 3.23. The normalized spacial score (nSPS) is 11.6. The lowest BCUT2D eigenvalue weighted by molar-refractivity contribution is 0.484. The molecule has 0 saturated heterocycles. The zero-order valence-corrected chi connectivity index (χ0v) is 12.9. The second-order valence-corrected chi connectivity index (χ2v) is 6.03. The highest BCUT2D eigenvalue weighted by atomic mass is 32.1. The number of fused-ring (bicyclic) bond motifs is 1. The highest BCUT2D eigenvalue weighted by molar-refractivity contribution is 7.22. The molecule has 1 N–H and O–H groups in total. The highest BCUT2D eigenvalue weighted by Crippen LogP contribution is 2.44. The van der Waals surface area contributed by atoms with Crippen molar-refractivity contribution in [3.05, 3.63) is 47.2 Å². The van der Waals surface area contributed by atoms with E-state index in [4.69, 9.17) is 0 Å². The number of pyridine rings is 1. The van der Waals surface area contributed by atoms with Gasteiger partial charge in [-0.3, -0.25) is 0 Å². The van der Waals surface area contributed by atoms with E-state index in [0.717, 1.165) is 27.2 Å². The monoisotopic (exact) mass is 297 g/mol. The van der Waals surface area contributed by atoms with Gasteiger partial charge in [0.2, 0.25) is 0 Å². The SMILES string of the molecule is Cc1ccc(N=Nc2sc3nc(C)cc(C)c3c2O)cc1. The van der Waals surface area contributed by atoms with E-state index in [-0.39, 0.29) is 5.75 Å². The lowest BCUT2D eigenvalue weighted by atomic mass is 10.2. The topological polar surface area (TPSA) is 57.8 Å². The average molecular weight is 297 g/mol. The van der Waals surface area contributed by atoms with Crippen molar-refractivity contribution >= 4 is 32.2 Å². The second kappa shape index (κ2) is 5.26. The van der Waals surface area contributed by atoms with Crippen molar-refractivity contribution in [3.63, 3.8) is 0 Å². The minimum Gasteiger partial charge on any atom is -0.504 e. The van der Waals surface area contributed by atoms with Crippen LogP contribution in [0.5, 0.6) is 5.75 Å². The fourth-order valence-corrected chi connectivity index (χ4v) is 3.21. The number of rotatable bonds is 2. The first kappa shape index (κ1) is 13.7. The summed E-state index contributed by atoms with van der Waals surface area (Å²) in [4.78, 5) is 5.24. The van der Waals surface area contributed by atoms with E-state index in [1.807, 2.05) is 51.1 Å². The van der Waals surface area contributed by atoms with E-state index in [2.05, 4.69) is 15.2 Å². The average Bonchev–Trinajstić information content (AvgIpc) is 2.74. The van der Waals surface area contributed by atoms with Gasteiger partial charge in [-0.05, 0) is 44.5 Å². The first-order chi connectivity index (χ1) is 10.0. The van der Waals surface area contributed by atoms with Crippen LogP contribution >= 0.6 is 11.3 Å². The van der Waals surface area contributed by atoms with Crippen LogP contribution in [0.3, 0.4) is 0 Å². The molecule has 0 bridgehead atoms. The maximum Gasteiger partial charge on any atom is 0.183 e. The van der Waals surface area contributed by atoms with Gasteiger partial charge in [0.1, 0.15) is 4.83 Å². The van der Waals surface area contributed by atoms with Crippen LogP contribution in [-0.2, 0) is 0 Å². The molecule has 0 radical (unpaired) electrons. The molecule has 0 spiro atoms. The summed E-state index contributed by atoms with van der Waals surface area (Å²) in [6.07, 6.45) is 0. The third kappa shape index (κ3) is 2.64. The van der Waals surface area contributed by atoms with E-state index in [9.17, 15) is 5.11 Å². The van der Waals surface area contributed by atoms with Gasteiger partial charge in [0.05, 0.1) is 11.1 Å². The van der Waals surface area contributed by atoms with Gasteiger partial charge >= 0.3 is 0 Å². The molecule has 2 aromatic heterocycles. The van der Waals surface area contributed by atoms with Gasteiger partial charge in [0.15, 0.2) is 10.8 Å². The zero-order valence-electron chi connectivity index (χ0n) is 12.1.